The van der Waals surface area contributed by atoms with Crippen LogP contribution in [-0.4, -0.2) is 24.6 Å². The average Bonchev–Trinajstić information content (AvgIpc) is 2.61. The van der Waals surface area contributed by atoms with Crippen LogP contribution in [-0.2, 0) is 20.7 Å². The molecule has 0 heterocycles. The number of amides is 1. The van der Waals surface area contributed by atoms with Crippen molar-refractivity contribution in [3.8, 4) is 5.75 Å². The molecule has 0 saturated carbocycles. The second-order valence-electron chi connectivity index (χ2n) is 5.39. The van der Waals surface area contributed by atoms with E-state index in [0.717, 1.165) is 6.42 Å². The molecule has 0 aromatic heterocycles. The fraction of sp³-hybridized carbons (Fsp3) is 0.263. The number of ether oxygens (including phenoxy) is 2. The first kappa shape index (κ1) is 18.8. The van der Waals surface area contributed by atoms with Crippen molar-refractivity contribution in [1.29, 1.82) is 0 Å². The molecule has 2 aromatic carbocycles. The van der Waals surface area contributed by atoms with Gasteiger partial charge in [0, 0.05) is 5.69 Å². The molecule has 0 radical (unpaired) electrons. The molecular weight excluding hydrogens is 342 g/mol. The quantitative estimate of drug-likeness (QED) is 0.761. The maximum absolute atomic E-state index is 12.1. The van der Waals surface area contributed by atoms with Gasteiger partial charge in [0.2, 0.25) is 0 Å². The molecule has 5 nitrogen and oxygen atoms in total. The van der Waals surface area contributed by atoms with E-state index in [1.807, 2.05) is 24.3 Å². The standard InChI is InChI=1S/C19H20ClNO4/c1-3-14-8-10-15(11-9-14)21-19(23)13(2)25-18(22)12-24-17-7-5-4-6-16(17)20/h4-11,13H,3,12H2,1-2H3,(H,21,23). The average molecular weight is 362 g/mol. The molecule has 0 aliphatic rings. The summed E-state index contributed by atoms with van der Waals surface area (Å²) in [6.07, 6.45) is -0.0126. The summed E-state index contributed by atoms with van der Waals surface area (Å²) in [6.45, 7) is 3.23. The van der Waals surface area contributed by atoms with Crippen molar-refractivity contribution in [3.05, 3.63) is 59.1 Å². The first-order chi connectivity index (χ1) is 12.0. The summed E-state index contributed by atoms with van der Waals surface area (Å²) < 4.78 is 10.4. The van der Waals surface area contributed by atoms with E-state index in [4.69, 9.17) is 21.1 Å². The zero-order valence-electron chi connectivity index (χ0n) is 14.1. The lowest BCUT2D eigenvalue weighted by Crippen LogP contribution is -2.31. The molecule has 0 fully saturated rings. The second-order valence-corrected chi connectivity index (χ2v) is 5.80. The third-order valence-corrected chi connectivity index (χ3v) is 3.80. The number of para-hydroxylation sites is 1. The highest BCUT2D eigenvalue weighted by atomic mass is 35.5. The Morgan fingerprint density at radius 3 is 2.44 bits per heavy atom. The van der Waals surface area contributed by atoms with Gasteiger partial charge in [-0.2, -0.15) is 0 Å². The van der Waals surface area contributed by atoms with E-state index in [9.17, 15) is 9.59 Å². The fourth-order valence-electron chi connectivity index (χ4n) is 2.05. The molecule has 132 valence electrons. The summed E-state index contributed by atoms with van der Waals surface area (Å²) in [6, 6.07) is 14.3. The minimum absolute atomic E-state index is 0.327. The van der Waals surface area contributed by atoms with Crippen LogP contribution in [0.2, 0.25) is 5.02 Å². The summed E-state index contributed by atoms with van der Waals surface area (Å²) in [5.74, 6) is -0.673. The lowest BCUT2D eigenvalue weighted by molar-refractivity contribution is -0.155. The molecule has 1 atom stereocenters. The zero-order valence-corrected chi connectivity index (χ0v) is 14.9. The van der Waals surface area contributed by atoms with Crippen LogP contribution in [0.3, 0.4) is 0 Å². The van der Waals surface area contributed by atoms with Crippen LogP contribution in [0, 0.1) is 0 Å². The van der Waals surface area contributed by atoms with Crippen molar-refractivity contribution in [2.75, 3.05) is 11.9 Å². The van der Waals surface area contributed by atoms with Crippen molar-refractivity contribution in [3.63, 3.8) is 0 Å². The van der Waals surface area contributed by atoms with Gasteiger partial charge in [-0.1, -0.05) is 42.8 Å². The Kier molecular flexibility index (Phi) is 6.83. The Morgan fingerprint density at radius 2 is 1.80 bits per heavy atom. The van der Waals surface area contributed by atoms with Crippen LogP contribution < -0.4 is 10.1 Å². The number of halogens is 1. The van der Waals surface area contributed by atoms with Crippen LogP contribution in [0.1, 0.15) is 19.4 Å². The van der Waals surface area contributed by atoms with Crippen LogP contribution in [0.25, 0.3) is 0 Å². The van der Waals surface area contributed by atoms with Gasteiger partial charge in [-0.15, -0.1) is 0 Å². The van der Waals surface area contributed by atoms with Gasteiger partial charge in [-0.3, -0.25) is 4.79 Å². The fourth-order valence-corrected chi connectivity index (χ4v) is 2.24. The topological polar surface area (TPSA) is 64.6 Å². The van der Waals surface area contributed by atoms with Crippen molar-refractivity contribution in [2.45, 2.75) is 26.4 Å². The van der Waals surface area contributed by atoms with E-state index in [2.05, 4.69) is 12.2 Å². The van der Waals surface area contributed by atoms with Crippen LogP contribution in [0.4, 0.5) is 5.69 Å². The number of aryl methyl sites for hydroxylation is 1. The summed E-state index contributed by atoms with van der Waals surface area (Å²) in [5.41, 5.74) is 1.83. The number of hydrogen-bond acceptors (Lipinski definition) is 4. The van der Waals surface area contributed by atoms with Crippen molar-refractivity contribution < 1.29 is 19.1 Å². The van der Waals surface area contributed by atoms with Crippen molar-refractivity contribution >= 4 is 29.2 Å². The van der Waals surface area contributed by atoms with E-state index in [-0.39, 0.29) is 6.61 Å². The molecule has 2 rings (SSSR count). The van der Waals surface area contributed by atoms with Crippen LogP contribution in [0.5, 0.6) is 5.75 Å². The zero-order chi connectivity index (χ0) is 18.2. The van der Waals surface area contributed by atoms with Crippen molar-refractivity contribution in [2.24, 2.45) is 0 Å². The Balaban J connectivity index is 1.81. The maximum atomic E-state index is 12.1. The number of benzene rings is 2. The first-order valence-corrected chi connectivity index (χ1v) is 8.34. The van der Waals surface area contributed by atoms with Crippen LogP contribution in [0.15, 0.2) is 48.5 Å². The van der Waals surface area contributed by atoms with Gasteiger partial charge in [0.25, 0.3) is 5.91 Å². The molecule has 0 aliphatic carbocycles. The molecule has 0 saturated heterocycles. The van der Waals surface area contributed by atoms with Gasteiger partial charge in [0.1, 0.15) is 5.75 Å². The molecule has 1 N–H and O–H groups in total. The summed E-state index contributed by atoms with van der Waals surface area (Å²) in [7, 11) is 0. The summed E-state index contributed by atoms with van der Waals surface area (Å²) in [4.78, 5) is 23.9. The molecule has 6 heteroatoms. The summed E-state index contributed by atoms with van der Waals surface area (Å²) in [5, 5.41) is 3.10. The molecular formula is C19H20ClNO4. The highest BCUT2D eigenvalue weighted by Gasteiger charge is 2.18. The second kappa shape index (κ2) is 9.08. The molecule has 2 aromatic rings. The first-order valence-electron chi connectivity index (χ1n) is 7.96. The normalized spacial score (nSPS) is 11.5. The lowest BCUT2D eigenvalue weighted by atomic mass is 10.1. The number of esters is 1. The molecule has 0 aliphatic heterocycles. The number of nitrogens with one attached hydrogen (secondary N) is 1. The Morgan fingerprint density at radius 1 is 1.12 bits per heavy atom. The van der Waals surface area contributed by atoms with Gasteiger partial charge in [0.15, 0.2) is 12.7 Å². The molecule has 1 amide bonds. The van der Waals surface area contributed by atoms with E-state index >= 15 is 0 Å². The number of rotatable bonds is 7. The predicted octanol–water partition coefficient (Wildman–Crippen LogP) is 3.85. The Hall–Kier alpha value is -2.53. The van der Waals surface area contributed by atoms with Gasteiger partial charge >= 0.3 is 5.97 Å². The highest BCUT2D eigenvalue weighted by Crippen LogP contribution is 2.22. The van der Waals surface area contributed by atoms with E-state index in [1.54, 1.807) is 24.3 Å². The molecule has 1 unspecified atom stereocenters. The Labute approximate surface area is 151 Å². The van der Waals surface area contributed by atoms with E-state index < -0.39 is 18.0 Å². The minimum atomic E-state index is -0.937. The number of hydrogen-bond donors (Lipinski definition) is 1. The maximum Gasteiger partial charge on any atom is 0.344 e. The largest absolute Gasteiger partial charge is 0.480 e. The lowest BCUT2D eigenvalue weighted by Gasteiger charge is -2.14. The van der Waals surface area contributed by atoms with Gasteiger partial charge < -0.3 is 14.8 Å². The van der Waals surface area contributed by atoms with Crippen molar-refractivity contribution in [1.82, 2.24) is 0 Å². The third-order valence-electron chi connectivity index (χ3n) is 3.49. The van der Waals surface area contributed by atoms with Gasteiger partial charge in [0.05, 0.1) is 5.02 Å². The number of carbonyl (C=O) groups is 2. The minimum Gasteiger partial charge on any atom is -0.480 e. The SMILES string of the molecule is CCc1ccc(NC(=O)C(C)OC(=O)COc2ccccc2Cl)cc1. The predicted molar refractivity (Wildman–Crippen MR) is 97.0 cm³/mol. The van der Waals surface area contributed by atoms with Crippen LogP contribution >= 0.6 is 11.6 Å². The monoisotopic (exact) mass is 361 g/mol. The molecule has 25 heavy (non-hydrogen) atoms. The smallest absolute Gasteiger partial charge is 0.344 e. The molecule has 0 spiro atoms. The highest BCUT2D eigenvalue weighted by molar-refractivity contribution is 6.32. The number of carbonyl (C=O) groups excluding carboxylic acids is 2. The van der Waals surface area contributed by atoms with Gasteiger partial charge in [-0.05, 0) is 43.2 Å². The van der Waals surface area contributed by atoms with E-state index in [1.165, 1.54) is 12.5 Å². The molecule has 0 bridgehead atoms. The van der Waals surface area contributed by atoms with Gasteiger partial charge in [-0.25, -0.2) is 4.79 Å². The third kappa shape index (κ3) is 5.80. The summed E-state index contributed by atoms with van der Waals surface area (Å²) >= 11 is 5.93. The number of anilines is 1. The van der Waals surface area contributed by atoms with E-state index in [0.29, 0.717) is 16.5 Å². The Bertz CT molecular complexity index is 730.